The summed E-state index contributed by atoms with van der Waals surface area (Å²) < 4.78 is 10.9. The molecule has 1 saturated heterocycles. The number of hydrogen-bond donors (Lipinski definition) is 2. The molecule has 3 heterocycles. The largest absolute Gasteiger partial charge is 0.454 e. The zero-order valence-corrected chi connectivity index (χ0v) is 16.5. The van der Waals surface area contributed by atoms with Gasteiger partial charge in [-0.25, -0.2) is 9.97 Å². The fourth-order valence-corrected chi connectivity index (χ4v) is 3.77. The number of hydrogen-bond acceptors (Lipinski definition) is 7. The maximum absolute atomic E-state index is 9.46. The highest BCUT2D eigenvalue weighted by Gasteiger charge is 2.25. The van der Waals surface area contributed by atoms with E-state index in [4.69, 9.17) is 9.47 Å². The number of piperidine rings is 1. The van der Waals surface area contributed by atoms with Crippen LogP contribution in [0.1, 0.15) is 32.3 Å². The molecule has 0 spiro atoms. The number of nitrogens with one attached hydrogen (secondary N) is 1. The van der Waals surface area contributed by atoms with Crippen LogP contribution in [0.2, 0.25) is 0 Å². The third-order valence-corrected chi connectivity index (χ3v) is 5.62. The number of rotatable bonds is 6. The molecule has 4 rings (SSSR count). The van der Waals surface area contributed by atoms with Gasteiger partial charge >= 0.3 is 0 Å². The number of benzene rings is 1. The maximum Gasteiger partial charge on any atom is 0.231 e. The molecule has 1 atom stereocenters. The molecule has 2 aromatic rings. The Morgan fingerprint density at radius 1 is 1.21 bits per heavy atom. The molecular weight excluding hydrogens is 356 g/mol. The second-order valence-corrected chi connectivity index (χ2v) is 8.20. The molecule has 150 valence electrons. The molecule has 0 aliphatic carbocycles. The third-order valence-electron chi connectivity index (χ3n) is 5.62. The summed E-state index contributed by atoms with van der Waals surface area (Å²) in [5, 5.41) is 12.9. The van der Waals surface area contributed by atoms with Gasteiger partial charge in [0.1, 0.15) is 18.0 Å². The molecule has 2 aliphatic rings. The normalized spacial score (nSPS) is 19.0. The van der Waals surface area contributed by atoms with E-state index in [9.17, 15) is 5.11 Å². The predicted octanol–water partition coefficient (Wildman–Crippen LogP) is 2.80. The van der Waals surface area contributed by atoms with Gasteiger partial charge in [-0.05, 0) is 36.5 Å². The number of ether oxygens (including phenoxy) is 2. The van der Waals surface area contributed by atoms with E-state index in [1.54, 1.807) is 6.33 Å². The molecule has 1 unspecified atom stereocenters. The zero-order chi connectivity index (χ0) is 19.6. The van der Waals surface area contributed by atoms with Crippen molar-refractivity contribution in [3.8, 4) is 11.5 Å². The van der Waals surface area contributed by atoms with Crippen molar-refractivity contribution in [2.75, 3.05) is 43.3 Å². The van der Waals surface area contributed by atoms with Crippen LogP contribution in [0.4, 0.5) is 11.6 Å². The van der Waals surface area contributed by atoms with E-state index in [0.29, 0.717) is 5.92 Å². The number of aliphatic hydroxyl groups is 1. The molecule has 0 bridgehead atoms. The van der Waals surface area contributed by atoms with Gasteiger partial charge in [-0.2, -0.15) is 0 Å². The highest BCUT2D eigenvalue weighted by Crippen LogP contribution is 2.36. The van der Waals surface area contributed by atoms with Crippen LogP contribution in [-0.2, 0) is 5.41 Å². The van der Waals surface area contributed by atoms with E-state index < -0.39 is 0 Å². The Bertz CT molecular complexity index is 827. The Balaban J connectivity index is 1.43. The van der Waals surface area contributed by atoms with Crippen LogP contribution in [0, 0.1) is 5.92 Å². The summed E-state index contributed by atoms with van der Waals surface area (Å²) in [6.07, 6.45) is 3.76. The average Bonchev–Trinajstić information content (AvgIpc) is 3.20. The van der Waals surface area contributed by atoms with Crippen LogP contribution in [0.5, 0.6) is 11.5 Å². The number of fused-ring (bicyclic) bond motifs is 1. The van der Waals surface area contributed by atoms with E-state index in [1.807, 2.05) is 12.1 Å². The highest BCUT2D eigenvalue weighted by atomic mass is 16.7. The van der Waals surface area contributed by atoms with Crippen molar-refractivity contribution >= 4 is 11.6 Å². The van der Waals surface area contributed by atoms with Crippen LogP contribution in [-0.4, -0.2) is 48.1 Å². The van der Waals surface area contributed by atoms with Crippen molar-refractivity contribution in [2.45, 2.75) is 32.1 Å². The number of aliphatic hydroxyl groups excluding tert-OH is 1. The lowest BCUT2D eigenvalue weighted by Gasteiger charge is -2.32. The predicted molar refractivity (Wildman–Crippen MR) is 108 cm³/mol. The number of aromatic nitrogens is 2. The van der Waals surface area contributed by atoms with E-state index in [2.05, 4.69) is 46.2 Å². The van der Waals surface area contributed by atoms with Gasteiger partial charge in [-0.1, -0.05) is 19.9 Å². The van der Waals surface area contributed by atoms with Crippen molar-refractivity contribution < 1.29 is 14.6 Å². The number of nitrogens with zero attached hydrogens (tertiary/aromatic N) is 3. The summed E-state index contributed by atoms with van der Waals surface area (Å²) in [6.45, 7) is 7.44. The Morgan fingerprint density at radius 3 is 2.93 bits per heavy atom. The first kappa shape index (κ1) is 18.8. The lowest BCUT2D eigenvalue weighted by molar-refractivity contribution is 0.174. The first-order valence-electron chi connectivity index (χ1n) is 9.87. The summed E-state index contributed by atoms with van der Waals surface area (Å²) in [5.74, 6) is 3.65. The molecule has 7 nitrogen and oxygen atoms in total. The lowest BCUT2D eigenvalue weighted by Crippen LogP contribution is -2.37. The van der Waals surface area contributed by atoms with E-state index in [1.165, 1.54) is 5.56 Å². The van der Waals surface area contributed by atoms with E-state index >= 15 is 0 Å². The molecule has 2 N–H and O–H groups in total. The third kappa shape index (κ3) is 3.99. The first-order chi connectivity index (χ1) is 13.5. The van der Waals surface area contributed by atoms with Crippen molar-refractivity contribution in [3.63, 3.8) is 0 Å². The molecule has 1 aromatic heterocycles. The Kier molecular flexibility index (Phi) is 5.26. The zero-order valence-electron chi connectivity index (χ0n) is 16.5. The van der Waals surface area contributed by atoms with Crippen LogP contribution in [0.15, 0.2) is 30.6 Å². The van der Waals surface area contributed by atoms with Crippen LogP contribution < -0.4 is 19.7 Å². The van der Waals surface area contributed by atoms with Gasteiger partial charge < -0.3 is 24.8 Å². The fourth-order valence-electron chi connectivity index (χ4n) is 3.77. The Morgan fingerprint density at radius 2 is 2.07 bits per heavy atom. The Hall–Kier alpha value is -2.54. The molecule has 7 heteroatoms. The minimum atomic E-state index is -0.112. The summed E-state index contributed by atoms with van der Waals surface area (Å²) in [5.41, 5.74) is 1.07. The molecule has 1 fully saturated rings. The monoisotopic (exact) mass is 384 g/mol. The van der Waals surface area contributed by atoms with Gasteiger partial charge in [-0.15, -0.1) is 0 Å². The molecule has 28 heavy (non-hydrogen) atoms. The van der Waals surface area contributed by atoms with Crippen LogP contribution >= 0.6 is 0 Å². The molecule has 0 radical (unpaired) electrons. The average molecular weight is 384 g/mol. The van der Waals surface area contributed by atoms with Crippen molar-refractivity contribution in [1.82, 2.24) is 9.97 Å². The van der Waals surface area contributed by atoms with Gasteiger partial charge in [0, 0.05) is 37.7 Å². The summed E-state index contributed by atoms with van der Waals surface area (Å²) in [4.78, 5) is 11.1. The maximum atomic E-state index is 9.46. The molecular formula is C21H28N4O3. The van der Waals surface area contributed by atoms with E-state index in [-0.39, 0.29) is 18.8 Å². The minimum absolute atomic E-state index is 0.112. The molecule has 1 aromatic carbocycles. The minimum Gasteiger partial charge on any atom is -0.454 e. The second kappa shape index (κ2) is 7.83. The molecule has 0 saturated carbocycles. The SMILES string of the molecule is CC(C)(CNc1cc(N2CCCC(CO)C2)ncn1)c1ccc2c(c1)OCO2. The van der Waals surface area contributed by atoms with Crippen LogP contribution in [0.25, 0.3) is 0 Å². The van der Waals surface area contributed by atoms with Gasteiger partial charge in [0.05, 0.1) is 0 Å². The van der Waals surface area contributed by atoms with Gasteiger partial charge in [-0.3, -0.25) is 0 Å². The smallest absolute Gasteiger partial charge is 0.231 e. The highest BCUT2D eigenvalue weighted by molar-refractivity contribution is 5.50. The van der Waals surface area contributed by atoms with E-state index in [0.717, 1.165) is 55.6 Å². The van der Waals surface area contributed by atoms with Crippen molar-refractivity contribution in [3.05, 3.63) is 36.2 Å². The van der Waals surface area contributed by atoms with Crippen molar-refractivity contribution in [2.24, 2.45) is 5.92 Å². The second-order valence-electron chi connectivity index (χ2n) is 8.20. The standard InChI is InChI=1S/C21H28N4O3/c1-21(2,16-5-6-17-18(8-16)28-14-27-17)12-22-19-9-20(24-13-23-19)25-7-3-4-15(10-25)11-26/h5-6,8-9,13,15,26H,3-4,7,10-12,14H2,1-2H3,(H,22,23,24). The van der Waals surface area contributed by atoms with Gasteiger partial charge in [0.25, 0.3) is 0 Å². The quantitative estimate of drug-likeness (QED) is 0.793. The molecule has 0 amide bonds. The summed E-state index contributed by atoms with van der Waals surface area (Å²) in [7, 11) is 0. The summed E-state index contributed by atoms with van der Waals surface area (Å²) >= 11 is 0. The van der Waals surface area contributed by atoms with Crippen molar-refractivity contribution in [1.29, 1.82) is 0 Å². The fraction of sp³-hybridized carbons (Fsp3) is 0.524. The number of anilines is 2. The lowest BCUT2D eigenvalue weighted by atomic mass is 9.84. The Labute approximate surface area is 165 Å². The summed E-state index contributed by atoms with van der Waals surface area (Å²) in [6, 6.07) is 8.10. The topological polar surface area (TPSA) is 79.7 Å². The van der Waals surface area contributed by atoms with Gasteiger partial charge in [0.2, 0.25) is 6.79 Å². The van der Waals surface area contributed by atoms with Crippen LogP contribution in [0.3, 0.4) is 0 Å². The van der Waals surface area contributed by atoms with Gasteiger partial charge in [0.15, 0.2) is 11.5 Å². The molecule has 2 aliphatic heterocycles. The first-order valence-corrected chi connectivity index (χ1v) is 9.87.